The summed E-state index contributed by atoms with van der Waals surface area (Å²) >= 11 is 6.02. The van der Waals surface area contributed by atoms with Gasteiger partial charge in [0.05, 0.1) is 6.61 Å². The zero-order chi connectivity index (χ0) is 20.1. The van der Waals surface area contributed by atoms with Crippen LogP contribution in [0.4, 0.5) is 13.2 Å². The summed E-state index contributed by atoms with van der Waals surface area (Å²) in [5.41, 5.74) is 1.86. The molecule has 0 amide bonds. The highest BCUT2D eigenvalue weighted by molar-refractivity contribution is 6.30. The smallest absolute Gasteiger partial charge is 0.475 e. The van der Waals surface area contributed by atoms with Crippen LogP contribution in [0.5, 0.6) is 0 Å². The molecule has 0 radical (unpaired) electrons. The number of nitrogens with zero attached hydrogens (tertiary/aromatic N) is 1. The number of likely N-dealkylation sites (tertiary alicyclic amines) is 1. The van der Waals surface area contributed by atoms with E-state index >= 15 is 0 Å². The molecule has 0 spiro atoms. The molecule has 27 heavy (non-hydrogen) atoms. The van der Waals surface area contributed by atoms with Crippen LogP contribution < -0.4 is 0 Å². The van der Waals surface area contributed by atoms with E-state index in [9.17, 15) is 13.2 Å². The molecule has 152 valence electrons. The Kier molecular flexibility index (Phi) is 7.54. The molecule has 4 nitrogen and oxygen atoms in total. The normalized spacial score (nSPS) is 21.9. The van der Waals surface area contributed by atoms with Crippen molar-refractivity contribution in [2.75, 3.05) is 33.4 Å². The first-order valence-corrected chi connectivity index (χ1v) is 9.31. The van der Waals surface area contributed by atoms with Gasteiger partial charge in [-0.05, 0) is 49.4 Å². The van der Waals surface area contributed by atoms with Crippen molar-refractivity contribution in [3.8, 4) is 0 Å². The number of halogens is 4. The van der Waals surface area contributed by atoms with Gasteiger partial charge in [0, 0.05) is 30.6 Å². The fourth-order valence-electron chi connectivity index (χ4n) is 3.80. The van der Waals surface area contributed by atoms with Gasteiger partial charge in [0.1, 0.15) is 0 Å². The quantitative estimate of drug-likeness (QED) is 0.787. The molecule has 1 aromatic carbocycles. The molecule has 1 unspecified atom stereocenters. The van der Waals surface area contributed by atoms with Crippen LogP contribution in [0.3, 0.4) is 0 Å². The highest BCUT2D eigenvalue weighted by Gasteiger charge is 2.41. The maximum absolute atomic E-state index is 10.6. The van der Waals surface area contributed by atoms with E-state index < -0.39 is 12.1 Å². The van der Waals surface area contributed by atoms with Crippen LogP contribution in [0.25, 0.3) is 0 Å². The molecule has 1 aliphatic carbocycles. The van der Waals surface area contributed by atoms with Crippen LogP contribution in [0.2, 0.25) is 5.02 Å². The van der Waals surface area contributed by atoms with Crippen molar-refractivity contribution in [1.29, 1.82) is 0 Å². The second-order valence-corrected chi connectivity index (χ2v) is 7.73. The molecule has 8 heteroatoms. The zero-order valence-electron chi connectivity index (χ0n) is 15.3. The predicted octanol–water partition coefficient (Wildman–Crippen LogP) is 4.36. The van der Waals surface area contributed by atoms with Crippen molar-refractivity contribution >= 4 is 17.6 Å². The number of aliphatic carboxylic acids is 1. The molecule has 3 rings (SSSR count). The van der Waals surface area contributed by atoms with Crippen LogP contribution >= 0.6 is 11.6 Å². The number of carbonyl (C=O) groups is 1. The molecule has 1 saturated carbocycles. The summed E-state index contributed by atoms with van der Waals surface area (Å²) in [4.78, 5) is 11.5. The number of hydrogen-bond acceptors (Lipinski definition) is 3. The first kappa shape index (κ1) is 22.0. The molecule has 2 fully saturated rings. The van der Waals surface area contributed by atoms with Gasteiger partial charge >= 0.3 is 12.1 Å². The third-order valence-electron chi connectivity index (χ3n) is 5.31. The van der Waals surface area contributed by atoms with Gasteiger partial charge in [0.15, 0.2) is 0 Å². The van der Waals surface area contributed by atoms with Gasteiger partial charge in [0.2, 0.25) is 0 Å². The van der Waals surface area contributed by atoms with Crippen molar-refractivity contribution in [2.24, 2.45) is 5.92 Å². The summed E-state index contributed by atoms with van der Waals surface area (Å²) in [6.07, 6.45) is 0.197. The highest BCUT2D eigenvalue weighted by Crippen LogP contribution is 2.45. The number of carboxylic acids is 1. The first-order valence-electron chi connectivity index (χ1n) is 8.94. The Bertz CT molecular complexity index is 618. The fourth-order valence-corrected chi connectivity index (χ4v) is 3.93. The van der Waals surface area contributed by atoms with Crippen molar-refractivity contribution < 1.29 is 27.8 Å². The lowest BCUT2D eigenvalue weighted by molar-refractivity contribution is -0.192. The van der Waals surface area contributed by atoms with Crippen molar-refractivity contribution in [1.82, 2.24) is 4.90 Å². The van der Waals surface area contributed by atoms with E-state index in [4.69, 9.17) is 26.2 Å². The molecule has 0 bridgehead atoms. The Morgan fingerprint density at radius 3 is 2.37 bits per heavy atom. The minimum absolute atomic E-state index is 0.381. The number of rotatable bonds is 5. The van der Waals surface area contributed by atoms with E-state index in [1.54, 1.807) is 0 Å². The summed E-state index contributed by atoms with van der Waals surface area (Å²) in [6.45, 7) is 4.53. The number of hydrogen-bond donors (Lipinski definition) is 1. The monoisotopic (exact) mass is 407 g/mol. The van der Waals surface area contributed by atoms with Gasteiger partial charge in [-0.2, -0.15) is 13.2 Å². The van der Waals surface area contributed by atoms with E-state index in [0.29, 0.717) is 5.41 Å². The predicted molar refractivity (Wildman–Crippen MR) is 97.1 cm³/mol. The molecule has 1 aliphatic heterocycles. The SMILES string of the molecule is COCC1CCN(CC2(c3ccc(Cl)cc3)CCC2)C1.O=C(O)C(F)(F)F. The molecule has 1 heterocycles. The van der Waals surface area contributed by atoms with E-state index in [0.717, 1.165) is 17.5 Å². The average Bonchev–Trinajstić information content (AvgIpc) is 2.99. The maximum Gasteiger partial charge on any atom is 0.490 e. The number of methoxy groups -OCH3 is 1. The Balaban J connectivity index is 0.000000321. The number of benzene rings is 1. The first-order chi connectivity index (χ1) is 12.7. The average molecular weight is 408 g/mol. The molecule has 2 aliphatic rings. The summed E-state index contributed by atoms with van der Waals surface area (Å²) < 4.78 is 37.0. The summed E-state index contributed by atoms with van der Waals surface area (Å²) in [5.74, 6) is -2.03. The lowest BCUT2D eigenvalue weighted by Gasteiger charge is -2.45. The van der Waals surface area contributed by atoms with Gasteiger partial charge in [-0.25, -0.2) is 4.79 Å². The van der Waals surface area contributed by atoms with Crippen molar-refractivity contribution in [3.63, 3.8) is 0 Å². The zero-order valence-corrected chi connectivity index (χ0v) is 16.0. The lowest BCUT2D eigenvalue weighted by Crippen LogP contribution is -2.45. The molecular weight excluding hydrogens is 383 g/mol. The summed E-state index contributed by atoms with van der Waals surface area (Å²) in [5, 5.41) is 7.96. The van der Waals surface area contributed by atoms with Gasteiger partial charge in [0.25, 0.3) is 0 Å². The van der Waals surface area contributed by atoms with Crippen molar-refractivity contribution in [2.45, 2.75) is 37.3 Å². The van der Waals surface area contributed by atoms with Crippen LogP contribution in [0, 0.1) is 5.92 Å². The van der Waals surface area contributed by atoms with Crippen LogP contribution in [0.1, 0.15) is 31.2 Å². The Hall–Kier alpha value is -1.31. The Morgan fingerprint density at radius 2 is 1.93 bits per heavy atom. The van der Waals surface area contributed by atoms with Gasteiger partial charge in [-0.15, -0.1) is 0 Å². The topological polar surface area (TPSA) is 49.8 Å². The summed E-state index contributed by atoms with van der Waals surface area (Å²) in [7, 11) is 1.81. The van der Waals surface area contributed by atoms with E-state index in [1.165, 1.54) is 50.9 Å². The van der Waals surface area contributed by atoms with Crippen molar-refractivity contribution in [3.05, 3.63) is 34.9 Å². The Labute approximate surface area is 162 Å². The second-order valence-electron chi connectivity index (χ2n) is 7.29. The van der Waals surface area contributed by atoms with Crippen LogP contribution in [0.15, 0.2) is 24.3 Å². The number of alkyl halides is 3. The Morgan fingerprint density at radius 1 is 1.33 bits per heavy atom. The minimum atomic E-state index is -5.08. The third kappa shape index (κ3) is 6.09. The second kappa shape index (κ2) is 9.26. The molecule has 1 aromatic rings. The number of ether oxygens (including phenoxy) is 1. The summed E-state index contributed by atoms with van der Waals surface area (Å²) in [6, 6.07) is 8.53. The standard InChI is InChI=1S/C17H24ClNO.C2HF3O2/c1-20-12-14-7-10-19(11-14)13-17(8-2-9-17)15-3-5-16(18)6-4-15;3-2(4,5)1(6)7/h3-6,14H,2,7-13H2,1H3;(H,6,7). The third-order valence-corrected chi connectivity index (χ3v) is 5.56. The van der Waals surface area contributed by atoms with Gasteiger partial charge < -0.3 is 14.7 Å². The van der Waals surface area contributed by atoms with E-state index in [-0.39, 0.29) is 0 Å². The molecule has 1 N–H and O–H groups in total. The molecule has 0 aromatic heterocycles. The maximum atomic E-state index is 10.6. The van der Waals surface area contributed by atoms with Crippen LogP contribution in [-0.4, -0.2) is 55.5 Å². The lowest BCUT2D eigenvalue weighted by atomic mass is 9.64. The van der Waals surface area contributed by atoms with Gasteiger partial charge in [-0.3, -0.25) is 0 Å². The largest absolute Gasteiger partial charge is 0.490 e. The molecule has 1 saturated heterocycles. The van der Waals surface area contributed by atoms with E-state index in [2.05, 4.69) is 17.0 Å². The fraction of sp³-hybridized carbons (Fsp3) is 0.632. The number of carboxylic acid groups (broad SMARTS) is 1. The molecular formula is C19H25ClF3NO3. The molecule has 1 atom stereocenters. The van der Waals surface area contributed by atoms with Gasteiger partial charge in [-0.1, -0.05) is 30.2 Å². The minimum Gasteiger partial charge on any atom is -0.475 e. The van der Waals surface area contributed by atoms with Crippen LogP contribution in [-0.2, 0) is 14.9 Å². The van der Waals surface area contributed by atoms with E-state index in [1.807, 2.05) is 19.2 Å². The highest BCUT2D eigenvalue weighted by atomic mass is 35.5.